The van der Waals surface area contributed by atoms with E-state index in [0.29, 0.717) is 12.3 Å². The van der Waals surface area contributed by atoms with Crippen LogP contribution in [0.5, 0.6) is 0 Å². The molecule has 1 atom stereocenters. The predicted octanol–water partition coefficient (Wildman–Crippen LogP) is 2.36. The van der Waals surface area contributed by atoms with Gasteiger partial charge in [-0.1, -0.05) is 19.1 Å². The fraction of sp³-hybridized carbons (Fsp3) is 0.588. The maximum atomic E-state index is 12.0. The maximum Gasteiger partial charge on any atom is 0.494 e. The Morgan fingerprint density at radius 1 is 1.09 bits per heavy atom. The summed E-state index contributed by atoms with van der Waals surface area (Å²) in [5.74, 6) is 0.631. The van der Waals surface area contributed by atoms with Gasteiger partial charge in [0.15, 0.2) is 0 Å². The van der Waals surface area contributed by atoms with E-state index in [0.717, 1.165) is 17.7 Å². The smallest absolute Gasteiger partial charge is 0.399 e. The molecule has 2 aliphatic heterocycles. The zero-order valence-electron chi connectivity index (χ0n) is 14.1. The molecule has 0 bridgehead atoms. The summed E-state index contributed by atoms with van der Waals surface area (Å²) in [5.41, 5.74) is 1.27. The van der Waals surface area contributed by atoms with Gasteiger partial charge < -0.3 is 14.2 Å². The lowest BCUT2D eigenvalue weighted by molar-refractivity contribution is -0.117. The zero-order chi connectivity index (χ0) is 16.1. The Bertz CT molecular complexity index is 566. The molecule has 0 saturated carbocycles. The minimum Gasteiger partial charge on any atom is -0.399 e. The fourth-order valence-electron chi connectivity index (χ4n) is 2.93. The number of rotatable bonds is 2. The van der Waals surface area contributed by atoms with Crippen LogP contribution in [0, 0.1) is 5.92 Å². The van der Waals surface area contributed by atoms with E-state index < -0.39 is 0 Å². The van der Waals surface area contributed by atoms with Crippen molar-refractivity contribution in [2.24, 2.45) is 5.92 Å². The van der Waals surface area contributed by atoms with Crippen LogP contribution in [0.4, 0.5) is 5.69 Å². The fourth-order valence-corrected chi connectivity index (χ4v) is 2.93. The Morgan fingerprint density at radius 2 is 1.64 bits per heavy atom. The third-order valence-corrected chi connectivity index (χ3v) is 5.05. The van der Waals surface area contributed by atoms with Crippen LogP contribution in [-0.2, 0) is 14.1 Å². The van der Waals surface area contributed by atoms with Crippen molar-refractivity contribution in [3.8, 4) is 0 Å². The molecule has 2 fully saturated rings. The topological polar surface area (TPSA) is 38.8 Å². The number of anilines is 1. The van der Waals surface area contributed by atoms with Crippen LogP contribution in [0.25, 0.3) is 0 Å². The van der Waals surface area contributed by atoms with Crippen LogP contribution in [0.1, 0.15) is 41.0 Å². The summed E-state index contributed by atoms with van der Waals surface area (Å²) < 4.78 is 12.1. The molecule has 2 heterocycles. The summed E-state index contributed by atoms with van der Waals surface area (Å²) in [6.07, 6.45) is 0.638. The summed E-state index contributed by atoms with van der Waals surface area (Å²) in [6, 6.07) is 7.95. The van der Waals surface area contributed by atoms with Crippen LogP contribution >= 0.6 is 0 Å². The molecule has 5 heteroatoms. The van der Waals surface area contributed by atoms with Crippen molar-refractivity contribution in [2.45, 2.75) is 52.2 Å². The number of amides is 1. The minimum absolute atomic E-state index is 0.205. The largest absolute Gasteiger partial charge is 0.494 e. The second-order valence-corrected chi connectivity index (χ2v) is 7.49. The highest BCUT2D eigenvalue weighted by Gasteiger charge is 2.51. The van der Waals surface area contributed by atoms with E-state index in [-0.39, 0.29) is 24.2 Å². The number of carbonyl (C=O) groups is 1. The molecule has 22 heavy (non-hydrogen) atoms. The van der Waals surface area contributed by atoms with E-state index in [2.05, 4.69) is 6.92 Å². The summed E-state index contributed by atoms with van der Waals surface area (Å²) in [7, 11) is -0.354. The van der Waals surface area contributed by atoms with Gasteiger partial charge >= 0.3 is 7.12 Å². The maximum absolute atomic E-state index is 12.0. The van der Waals surface area contributed by atoms with Crippen LogP contribution in [-0.4, -0.2) is 30.8 Å². The van der Waals surface area contributed by atoms with E-state index in [1.165, 1.54) is 0 Å². The Hall–Kier alpha value is -1.33. The van der Waals surface area contributed by atoms with Gasteiger partial charge in [0.2, 0.25) is 5.91 Å². The summed E-state index contributed by atoms with van der Waals surface area (Å²) >= 11 is 0. The van der Waals surface area contributed by atoms with E-state index in [1.54, 1.807) is 0 Å². The van der Waals surface area contributed by atoms with Crippen LogP contribution in [0.15, 0.2) is 24.3 Å². The van der Waals surface area contributed by atoms with Crippen LogP contribution in [0.2, 0.25) is 0 Å². The van der Waals surface area contributed by atoms with E-state index >= 15 is 0 Å². The molecule has 1 amide bonds. The average molecular weight is 301 g/mol. The molecule has 0 radical (unpaired) electrons. The molecule has 118 valence electrons. The predicted molar refractivity (Wildman–Crippen MR) is 88.3 cm³/mol. The van der Waals surface area contributed by atoms with Crippen LogP contribution in [0.3, 0.4) is 0 Å². The highest BCUT2D eigenvalue weighted by molar-refractivity contribution is 6.62. The van der Waals surface area contributed by atoms with Gasteiger partial charge in [-0.05, 0) is 51.2 Å². The molecular formula is C17H24BNO3. The van der Waals surface area contributed by atoms with Gasteiger partial charge in [0.1, 0.15) is 0 Å². The van der Waals surface area contributed by atoms with E-state index in [4.69, 9.17) is 9.31 Å². The molecule has 0 N–H and O–H groups in total. The molecule has 2 aliphatic rings. The van der Waals surface area contributed by atoms with Gasteiger partial charge in [-0.25, -0.2) is 0 Å². The zero-order valence-corrected chi connectivity index (χ0v) is 14.1. The molecule has 3 rings (SSSR count). The van der Waals surface area contributed by atoms with Gasteiger partial charge in [-0.3, -0.25) is 4.79 Å². The highest BCUT2D eigenvalue weighted by atomic mass is 16.7. The van der Waals surface area contributed by atoms with Gasteiger partial charge in [0.05, 0.1) is 11.2 Å². The molecule has 1 aromatic rings. The van der Waals surface area contributed by atoms with Crippen molar-refractivity contribution < 1.29 is 14.1 Å². The quantitative estimate of drug-likeness (QED) is 0.787. The lowest BCUT2D eigenvalue weighted by Crippen LogP contribution is -2.41. The number of hydrogen-bond acceptors (Lipinski definition) is 3. The van der Waals surface area contributed by atoms with Crippen molar-refractivity contribution in [1.29, 1.82) is 0 Å². The van der Waals surface area contributed by atoms with Crippen molar-refractivity contribution in [2.75, 3.05) is 11.4 Å². The monoisotopic (exact) mass is 301 g/mol. The normalized spacial score (nSPS) is 26.8. The molecule has 4 nitrogen and oxygen atoms in total. The minimum atomic E-state index is -0.354. The third kappa shape index (κ3) is 2.57. The lowest BCUT2D eigenvalue weighted by Gasteiger charge is -2.32. The first-order valence-corrected chi connectivity index (χ1v) is 7.95. The Balaban J connectivity index is 1.77. The standard InChI is InChI=1S/C17H24BNO3/c1-12-10-15(20)19(11-12)14-8-6-13(7-9-14)18-21-16(2,3)17(4,5)22-18/h6-9,12H,10-11H2,1-5H3/t12-/m1/s1. The first-order valence-electron chi connectivity index (χ1n) is 7.95. The van der Waals surface area contributed by atoms with Crippen LogP contribution < -0.4 is 10.4 Å². The third-order valence-electron chi connectivity index (χ3n) is 5.05. The summed E-state index contributed by atoms with van der Waals surface area (Å²) in [5, 5.41) is 0. The summed E-state index contributed by atoms with van der Waals surface area (Å²) in [6.45, 7) is 11.1. The van der Waals surface area contributed by atoms with Crippen molar-refractivity contribution in [3.63, 3.8) is 0 Å². The second kappa shape index (κ2) is 5.10. The van der Waals surface area contributed by atoms with Crippen molar-refractivity contribution in [1.82, 2.24) is 0 Å². The molecule has 1 aromatic carbocycles. The first-order chi connectivity index (χ1) is 10.2. The lowest BCUT2D eigenvalue weighted by atomic mass is 9.79. The summed E-state index contributed by atoms with van der Waals surface area (Å²) in [4.78, 5) is 13.8. The van der Waals surface area contributed by atoms with E-state index in [1.807, 2.05) is 56.9 Å². The first kappa shape index (κ1) is 15.6. The molecule has 0 unspecified atom stereocenters. The van der Waals surface area contributed by atoms with Gasteiger partial charge in [-0.15, -0.1) is 0 Å². The van der Waals surface area contributed by atoms with Crippen molar-refractivity contribution >= 4 is 24.2 Å². The average Bonchev–Trinajstić information content (AvgIpc) is 2.86. The van der Waals surface area contributed by atoms with Gasteiger partial charge in [-0.2, -0.15) is 0 Å². The number of benzene rings is 1. The van der Waals surface area contributed by atoms with Gasteiger partial charge in [0, 0.05) is 18.7 Å². The Morgan fingerprint density at radius 3 is 2.09 bits per heavy atom. The van der Waals surface area contributed by atoms with E-state index in [9.17, 15) is 4.79 Å². The number of carbonyl (C=O) groups excluding carboxylic acids is 1. The molecule has 2 saturated heterocycles. The Kier molecular flexibility index (Phi) is 3.61. The molecule has 0 aromatic heterocycles. The SMILES string of the molecule is C[C@@H]1CC(=O)N(c2ccc(B3OC(C)(C)C(C)(C)O3)cc2)C1. The molecule has 0 aliphatic carbocycles. The van der Waals surface area contributed by atoms with Crippen molar-refractivity contribution in [3.05, 3.63) is 24.3 Å². The molecular weight excluding hydrogens is 277 g/mol. The highest BCUT2D eigenvalue weighted by Crippen LogP contribution is 2.36. The molecule has 0 spiro atoms. The Labute approximate surface area is 132 Å². The number of hydrogen-bond donors (Lipinski definition) is 0. The second-order valence-electron chi connectivity index (χ2n) is 7.49. The van der Waals surface area contributed by atoms with Gasteiger partial charge in [0.25, 0.3) is 0 Å². The number of nitrogens with zero attached hydrogens (tertiary/aromatic N) is 1.